The van der Waals surface area contributed by atoms with Gasteiger partial charge in [0.2, 0.25) is 5.56 Å². The molecule has 0 radical (unpaired) electrons. The fourth-order valence-corrected chi connectivity index (χ4v) is 2.33. The summed E-state index contributed by atoms with van der Waals surface area (Å²) in [5.41, 5.74) is -0.855. The van der Waals surface area contributed by atoms with Crippen LogP contribution < -0.4 is 10.9 Å². The fourth-order valence-electron chi connectivity index (χ4n) is 2.33. The first-order valence-electron chi connectivity index (χ1n) is 7.47. The molecular weight excluding hydrogens is 284 g/mol. The molecule has 0 aliphatic carbocycles. The van der Waals surface area contributed by atoms with Crippen LogP contribution in [-0.4, -0.2) is 27.5 Å². The second-order valence-corrected chi connectivity index (χ2v) is 6.20. The highest BCUT2D eigenvalue weighted by Crippen LogP contribution is 2.14. The van der Waals surface area contributed by atoms with Gasteiger partial charge in [-0.15, -0.1) is 0 Å². The number of H-pyrrole nitrogens is 1. The van der Waals surface area contributed by atoms with E-state index in [4.69, 9.17) is 0 Å². The number of carboxylic acid groups (broad SMARTS) is 1. The molecule has 1 rings (SSSR count). The number of carbonyl (C=O) groups excluding carboxylic acids is 1. The van der Waals surface area contributed by atoms with Crippen molar-refractivity contribution in [1.82, 2.24) is 10.3 Å². The average Bonchev–Trinajstić information content (AvgIpc) is 2.37. The van der Waals surface area contributed by atoms with E-state index in [0.717, 1.165) is 0 Å². The second-order valence-electron chi connectivity index (χ2n) is 6.20. The minimum absolute atomic E-state index is 0.183. The van der Waals surface area contributed by atoms with E-state index in [1.54, 1.807) is 6.07 Å². The van der Waals surface area contributed by atoms with Crippen LogP contribution in [0.3, 0.4) is 0 Å². The van der Waals surface area contributed by atoms with Gasteiger partial charge in [0.25, 0.3) is 5.91 Å². The van der Waals surface area contributed by atoms with Crippen LogP contribution in [0.2, 0.25) is 0 Å². The number of pyridine rings is 1. The highest BCUT2D eigenvalue weighted by molar-refractivity contribution is 5.97. The number of hydrogen-bond acceptors (Lipinski definition) is 3. The van der Waals surface area contributed by atoms with Crippen LogP contribution in [0.15, 0.2) is 16.9 Å². The molecule has 0 aliphatic heterocycles. The van der Waals surface area contributed by atoms with Crippen molar-refractivity contribution in [3.63, 3.8) is 0 Å². The van der Waals surface area contributed by atoms with Crippen molar-refractivity contribution in [3.05, 3.63) is 33.7 Å². The molecular formula is C16H24N2O4. The third-order valence-corrected chi connectivity index (χ3v) is 3.40. The number of rotatable bonds is 7. The van der Waals surface area contributed by atoms with E-state index in [9.17, 15) is 19.5 Å². The van der Waals surface area contributed by atoms with Gasteiger partial charge in [-0.2, -0.15) is 0 Å². The van der Waals surface area contributed by atoms with Crippen LogP contribution in [0.1, 0.15) is 56.6 Å². The number of aromatic nitrogens is 1. The number of nitrogens with one attached hydrogen (secondary N) is 2. The maximum Gasteiger partial charge on any atom is 0.329 e. The second kappa shape index (κ2) is 7.24. The smallest absolute Gasteiger partial charge is 0.329 e. The fraction of sp³-hybridized carbons (Fsp3) is 0.562. The van der Waals surface area contributed by atoms with E-state index >= 15 is 0 Å². The van der Waals surface area contributed by atoms with Crippen molar-refractivity contribution >= 4 is 11.9 Å². The molecule has 3 N–H and O–H groups in total. The standard InChI is InChI=1S/C16H24N2O4/c1-5-6-16(4,15(21)22)18-14(20)11-8-12(7-10(2)3)17-13(19)9-11/h8-10H,5-7H2,1-4H3,(H,17,19)(H,18,20)(H,21,22). The number of amides is 1. The zero-order valence-electron chi connectivity index (χ0n) is 13.5. The van der Waals surface area contributed by atoms with Crippen molar-refractivity contribution in [1.29, 1.82) is 0 Å². The lowest BCUT2D eigenvalue weighted by atomic mass is 9.95. The Morgan fingerprint density at radius 2 is 2.00 bits per heavy atom. The molecule has 0 bridgehead atoms. The minimum atomic E-state index is -1.34. The van der Waals surface area contributed by atoms with E-state index < -0.39 is 17.4 Å². The summed E-state index contributed by atoms with van der Waals surface area (Å²) in [6.45, 7) is 7.34. The average molecular weight is 308 g/mol. The van der Waals surface area contributed by atoms with Gasteiger partial charge >= 0.3 is 5.97 Å². The molecule has 0 aliphatic rings. The Morgan fingerprint density at radius 3 is 2.50 bits per heavy atom. The van der Waals surface area contributed by atoms with Gasteiger partial charge in [0.1, 0.15) is 5.54 Å². The third-order valence-electron chi connectivity index (χ3n) is 3.40. The van der Waals surface area contributed by atoms with Crippen molar-refractivity contribution in [2.75, 3.05) is 0 Å². The molecule has 1 unspecified atom stereocenters. The Morgan fingerprint density at radius 1 is 1.36 bits per heavy atom. The van der Waals surface area contributed by atoms with Gasteiger partial charge in [-0.1, -0.05) is 27.2 Å². The van der Waals surface area contributed by atoms with Crippen molar-refractivity contribution in [3.8, 4) is 0 Å². The molecule has 0 aromatic carbocycles. The van der Waals surface area contributed by atoms with Crippen molar-refractivity contribution in [2.45, 2.75) is 52.5 Å². The summed E-state index contributed by atoms with van der Waals surface area (Å²) in [6, 6.07) is 2.79. The summed E-state index contributed by atoms with van der Waals surface area (Å²) >= 11 is 0. The molecule has 6 heteroatoms. The molecule has 0 spiro atoms. The lowest BCUT2D eigenvalue weighted by Gasteiger charge is -2.25. The number of aromatic amines is 1. The van der Waals surface area contributed by atoms with E-state index in [1.165, 1.54) is 13.0 Å². The van der Waals surface area contributed by atoms with Crippen molar-refractivity contribution < 1.29 is 14.7 Å². The molecule has 22 heavy (non-hydrogen) atoms. The lowest BCUT2D eigenvalue weighted by Crippen LogP contribution is -2.52. The molecule has 0 saturated carbocycles. The summed E-state index contributed by atoms with van der Waals surface area (Å²) in [5.74, 6) is -1.30. The highest BCUT2D eigenvalue weighted by atomic mass is 16.4. The normalized spacial score (nSPS) is 13.7. The molecule has 1 heterocycles. The van der Waals surface area contributed by atoms with E-state index in [1.807, 2.05) is 20.8 Å². The lowest BCUT2D eigenvalue weighted by molar-refractivity contribution is -0.144. The number of carbonyl (C=O) groups is 2. The van der Waals surface area contributed by atoms with Gasteiger partial charge in [0.15, 0.2) is 0 Å². The molecule has 1 amide bonds. The highest BCUT2D eigenvalue weighted by Gasteiger charge is 2.34. The van der Waals surface area contributed by atoms with Crippen LogP contribution >= 0.6 is 0 Å². The summed E-state index contributed by atoms with van der Waals surface area (Å²) in [5, 5.41) is 11.8. The van der Waals surface area contributed by atoms with Crippen LogP contribution in [0.4, 0.5) is 0 Å². The SMILES string of the molecule is CCCC(C)(NC(=O)c1cc(CC(C)C)[nH]c(=O)c1)C(=O)O. The zero-order valence-corrected chi connectivity index (χ0v) is 13.5. The Labute approximate surface area is 129 Å². The molecule has 0 saturated heterocycles. The summed E-state index contributed by atoms with van der Waals surface area (Å²) < 4.78 is 0. The van der Waals surface area contributed by atoms with Crippen molar-refractivity contribution in [2.24, 2.45) is 5.92 Å². The van der Waals surface area contributed by atoms with Crippen LogP contribution in [0.25, 0.3) is 0 Å². The topological polar surface area (TPSA) is 99.3 Å². The van der Waals surface area contributed by atoms with E-state index in [-0.39, 0.29) is 11.1 Å². The van der Waals surface area contributed by atoms with Crippen LogP contribution in [-0.2, 0) is 11.2 Å². The summed E-state index contributed by atoms with van der Waals surface area (Å²) in [7, 11) is 0. The van der Waals surface area contributed by atoms with Gasteiger partial charge in [-0.05, 0) is 31.7 Å². The Bertz CT molecular complexity index is 606. The Balaban J connectivity index is 3.04. The molecule has 1 aromatic rings. The zero-order chi connectivity index (χ0) is 16.9. The Kier molecular flexibility index (Phi) is 5.91. The predicted molar refractivity (Wildman–Crippen MR) is 84.0 cm³/mol. The largest absolute Gasteiger partial charge is 0.480 e. The van der Waals surface area contributed by atoms with Gasteiger partial charge in [-0.3, -0.25) is 9.59 Å². The predicted octanol–water partition coefficient (Wildman–Crippen LogP) is 1.95. The van der Waals surface area contributed by atoms with Crippen LogP contribution in [0.5, 0.6) is 0 Å². The molecule has 6 nitrogen and oxygen atoms in total. The van der Waals surface area contributed by atoms with Gasteiger partial charge in [0.05, 0.1) is 0 Å². The number of aliphatic carboxylic acids is 1. The first-order chi connectivity index (χ1) is 10.2. The molecule has 122 valence electrons. The maximum absolute atomic E-state index is 12.3. The number of carboxylic acids is 1. The quantitative estimate of drug-likeness (QED) is 0.717. The maximum atomic E-state index is 12.3. The first kappa shape index (κ1) is 17.9. The molecule has 1 aromatic heterocycles. The number of hydrogen-bond donors (Lipinski definition) is 3. The minimum Gasteiger partial charge on any atom is -0.480 e. The van der Waals surface area contributed by atoms with E-state index in [0.29, 0.717) is 30.9 Å². The molecule has 1 atom stereocenters. The van der Waals surface area contributed by atoms with E-state index in [2.05, 4.69) is 10.3 Å². The first-order valence-corrected chi connectivity index (χ1v) is 7.47. The van der Waals surface area contributed by atoms with Gasteiger partial charge in [-0.25, -0.2) is 4.79 Å². The monoisotopic (exact) mass is 308 g/mol. The Hall–Kier alpha value is -2.11. The van der Waals surface area contributed by atoms with Crippen LogP contribution in [0, 0.1) is 5.92 Å². The van der Waals surface area contributed by atoms with Gasteiger partial charge in [0, 0.05) is 17.3 Å². The summed E-state index contributed by atoms with van der Waals surface area (Å²) in [6.07, 6.45) is 1.58. The molecule has 0 fully saturated rings. The third kappa shape index (κ3) is 4.72. The van der Waals surface area contributed by atoms with Gasteiger partial charge < -0.3 is 15.4 Å². The summed E-state index contributed by atoms with van der Waals surface area (Å²) in [4.78, 5) is 38.0.